The van der Waals surface area contributed by atoms with E-state index in [1.165, 1.54) is 23.2 Å². The van der Waals surface area contributed by atoms with Crippen molar-refractivity contribution >= 4 is 0 Å². The molecule has 2 aromatic rings. The van der Waals surface area contributed by atoms with Crippen LogP contribution in [-0.2, 0) is 20.0 Å². The number of aromatic nitrogens is 2. The SMILES string of the molecule is Cc1ccc(O)c(CNC2CCCc3c2cnn3C)c1. The molecule has 0 bridgehead atoms. The minimum Gasteiger partial charge on any atom is -0.508 e. The molecule has 0 saturated heterocycles. The van der Waals surface area contributed by atoms with Gasteiger partial charge in [0.2, 0.25) is 0 Å². The molecular weight excluding hydrogens is 250 g/mol. The lowest BCUT2D eigenvalue weighted by molar-refractivity contribution is 0.434. The average Bonchev–Trinajstić information content (AvgIpc) is 2.82. The number of aromatic hydroxyl groups is 1. The summed E-state index contributed by atoms with van der Waals surface area (Å²) < 4.78 is 1.98. The highest BCUT2D eigenvalue weighted by Crippen LogP contribution is 2.30. The van der Waals surface area contributed by atoms with Crippen molar-refractivity contribution in [2.24, 2.45) is 7.05 Å². The van der Waals surface area contributed by atoms with Gasteiger partial charge in [-0.1, -0.05) is 17.7 Å². The van der Waals surface area contributed by atoms with Crippen molar-refractivity contribution in [1.82, 2.24) is 15.1 Å². The van der Waals surface area contributed by atoms with E-state index in [2.05, 4.69) is 10.4 Å². The molecule has 4 heteroatoms. The molecule has 0 amide bonds. The van der Waals surface area contributed by atoms with Gasteiger partial charge in [-0.3, -0.25) is 4.68 Å². The molecule has 1 aliphatic rings. The highest BCUT2D eigenvalue weighted by molar-refractivity contribution is 5.36. The van der Waals surface area contributed by atoms with E-state index in [0.29, 0.717) is 18.3 Å². The number of hydrogen-bond acceptors (Lipinski definition) is 3. The van der Waals surface area contributed by atoms with Gasteiger partial charge in [0, 0.05) is 36.5 Å². The monoisotopic (exact) mass is 271 g/mol. The summed E-state index contributed by atoms with van der Waals surface area (Å²) in [6.45, 7) is 2.73. The molecule has 1 aliphatic carbocycles. The molecule has 2 N–H and O–H groups in total. The Hall–Kier alpha value is -1.81. The number of nitrogens with zero attached hydrogens (tertiary/aromatic N) is 2. The highest BCUT2D eigenvalue weighted by atomic mass is 16.3. The van der Waals surface area contributed by atoms with E-state index in [1.54, 1.807) is 6.07 Å². The first-order chi connectivity index (χ1) is 9.65. The van der Waals surface area contributed by atoms with Gasteiger partial charge in [-0.15, -0.1) is 0 Å². The van der Waals surface area contributed by atoms with Crippen LogP contribution >= 0.6 is 0 Å². The highest BCUT2D eigenvalue weighted by Gasteiger charge is 2.23. The van der Waals surface area contributed by atoms with E-state index in [-0.39, 0.29) is 0 Å². The van der Waals surface area contributed by atoms with E-state index in [0.717, 1.165) is 18.4 Å². The maximum atomic E-state index is 9.91. The van der Waals surface area contributed by atoms with Gasteiger partial charge in [0.15, 0.2) is 0 Å². The first-order valence-electron chi connectivity index (χ1n) is 7.18. The molecule has 4 nitrogen and oxygen atoms in total. The van der Waals surface area contributed by atoms with Crippen molar-refractivity contribution in [1.29, 1.82) is 0 Å². The Bertz CT molecular complexity index is 618. The Labute approximate surface area is 119 Å². The summed E-state index contributed by atoms with van der Waals surface area (Å²) in [7, 11) is 2.01. The third-order valence-corrected chi connectivity index (χ3v) is 4.15. The zero-order valence-electron chi connectivity index (χ0n) is 12.1. The number of benzene rings is 1. The standard InChI is InChI=1S/C16H21N3O/c1-11-6-7-16(20)12(8-11)9-17-14-4-3-5-15-13(14)10-18-19(15)2/h6-8,10,14,17,20H,3-5,9H2,1-2H3. The van der Waals surface area contributed by atoms with Crippen LogP contribution in [0.1, 0.15) is 41.3 Å². The normalized spacial score (nSPS) is 18.0. The van der Waals surface area contributed by atoms with Gasteiger partial charge >= 0.3 is 0 Å². The zero-order valence-corrected chi connectivity index (χ0v) is 12.1. The molecule has 1 aromatic carbocycles. The van der Waals surface area contributed by atoms with Gasteiger partial charge < -0.3 is 10.4 Å². The van der Waals surface area contributed by atoms with Crippen LogP contribution in [0.3, 0.4) is 0 Å². The maximum Gasteiger partial charge on any atom is 0.120 e. The van der Waals surface area contributed by atoms with Gasteiger partial charge in [-0.2, -0.15) is 5.10 Å². The lowest BCUT2D eigenvalue weighted by Gasteiger charge is -2.24. The van der Waals surface area contributed by atoms with Crippen LogP contribution in [0.4, 0.5) is 0 Å². The first kappa shape index (κ1) is 13.2. The van der Waals surface area contributed by atoms with Crippen molar-refractivity contribution in [2.45, 2.75) is 38.8 Å². The Balaban J connectivity index is 1.75. The Morgan fingerprint density at radius 2 is 2.30 bits per heavy atom. The van der Waals surface area contributed by atoms with Crippen LogP contribution in [0.5, 0.6) is 5.75 Å². The molecule has 0 spiro atoms. The summed E-state index contributed by atoms with van der Waals surface area (Å²) in [6, 6.07) is 6.07. The average molecular weight is 271 g/mol. The summed E-state index contributed by atoms with van der Waals surface area (Å²) in [5.41, 5.74) is 4.78. The fourth-order valence-electron chi connectivity index (χ4n) is 3.01. The third-order valence-electron chi connectivity index (χ3n) is 4.15. The van der Waals surface area contributed by atoms with Crippen LogP contribution in [0.15, 0.2) is 24.4 Å². The predicted molar refractivity (Wildman–Crippen MR) is 78.6 cm³/mol. The van der Waals surface area contributed by atoms with E-state index < -0.39 is 0 Å². The van der Waals surface area contributed by atoms with Crippen molar-refractivity contribution < 1.29 is 5.11 Å². The minimum absolute atomic E-state index is 0.340. The summed E-state index contributed by atoms with van der Waals surface area (Å²) in [4.78, 5) is 0. The molecule has 3 rings (SSSR count). The van der Waals surface area contributed by atoms with Crippen LogP contribution in [0, 0.1) is 6.92 Å². The Morgan fingerprint density at radius 3 is 3.15 bits per heavy atom. The van der Waals surface area contributed by atoms with Gasteiger partial charge in [0.25, 0.3) is 0 Å². The summed E-state index contributed by atoms with van der Waals surface area (Å²) >= 11 is 0. The summed E-state index contributed by atoms with van der Waals surface area (Å²) in [5.74, 6) is 0.366. The van der Waals surface area contributed by atoms with Gasteiger partial charge in [-0.25, -0.2) is 0 Å². The molecule has 1 unspecified atom stereocenters. The summed E-state index contributed by atoms with van der Waals surface area (Å²) in [6.07, 6.45) is 5.40. The molecule has 0 aliphatic heterocycles. The fraction of sp³-hybridized carbons (Fsp3) is 0.438. The third kappa shape index (κ3) is 2.43. The Morgan fingerprint density at radius 1 is 1.45 bits per heavy atom. The van der Waals surface area contributed by atoms with Crippen LogP contribution in [0.2, 0.25) is 0 Å². The second-order valence-corrected chi connectivity index (χ2v) is 5.63. The molecule has 0 radical (unpaired) electrons. The van der Waals surface area contributed by atoms with Crippen LogP contribution < -0.4 is 5.32 Å². The van der Waals surface area contributed by atoms with Crippen molar-refractivity contribution in [3.05, 3.63) is 46.8 Å². The van der Waals surface area contributed by atoms with Crippen molar-refractivity contribution in [3.63, 3.8) is 0 Å². The first-order valence-corrected chi connectivity index (χ1v) is 7.18. The second kappa shape index (κ2) is 5.29. The summed E-state index contributed by atoms with van der Waals surface area (Å²) in [5, 5.41) is 17.8. The number of hydrogen-bond donors (Lipinski definition) is 2. The molecule has 106 valence electrons. The maximum absolute atomic E-state index is 9.91. The largest absolute Gasteiger partial charge is 0.508 e. The fourth-order valence-corrected chi connectivity index (χ4v) is 3.01. The smallest absolute Gasteiger partial charge is 0.120 e. The molecule has 0 saturated carbocycles. The lowest BCUT2D eigenvalue weighted by atomic mass is 9.93. The van der Waals surface area contributed by atoms with E-state index in [4.69, 9.17) is 0 Å². The lowest BCUT2D eigenvalue weighted by Crippen LogP contribution is -2.25. The van der Waals surface area contributed by atoms with Gasteiger partial charge in [-0.05, 0) is 32.3 Å². The van der Waals surface area contributed by atoms with E-state index in [1.807, 2.05) is 37.0 Å². The molecule has 0 fully saturated rings. The number of phenols is 1. The molecule has 1 aromatic heterocycles. The minimum atomic E-state index is 0.340. The number of phenolic OH excluding ortho intramolecular Hbond substituents is 1. The quantitative estimate of drug-likeness (QED) is 0.902. The van der Waals surface area contributed by atoms with Crippen molar-refractivity contribution in [2.75, 3.05) is 0 Å². The molecule has 1 heterocycles. The zero-order chi connectivity index (χ0) is 14.1. The Kier molecular flexibility index (Phi) is 3.49. The van der Waals surface area contributed by atoms with Gasteiger partial charge in [0.1, 0.15) is 5.75 Å². The van der Waals surface area contributed by atoms with Crippen molar-refractivity contribution in [3.8, 4) is 5.75 Å². The number of rotatable bonds is 3. The predicted octanol–water partition coefficient (Wildman–Crippen LogP) is 2.60. The topological polar surface area (TPSA) is 50.1 Å². The second-order valence-electron chi connectivity index (χ2n) is 5.63. The van der Waals surface area contributed by atoms with E-state index >= 15 is 0 Å². The van der Waals surface area contributed by atoms with Crippen LogP contribution in [0.25, 0.3) is 0 Å². The van der Waals surface area contributed by atoms with E-state index in [9.17, 15) is 5.11 Å². The number of fused-ring (bicyclic) bond motifs is 1. The number of nitrogens with one attached hydrogen (secondary N) is 1. The molecule has 1 atom stereocenters. The van der Waals surface area contributed by atoms with Gasteiger partial charge in [0.05, 0.1) is 6.20 Å². The number of aryl methyl sites for hydroxylation is 2. The molecule has 20 heavy (non-hydrogen) atoms. The van der Waals surface area contributed by atoms with Crippen LogP contribution in [-0.4, -0.2) is 14.9 Å². The molecular formula is C16H21N3O.